The number of rotatable bonds is 3. The number of amides is 3. The van der Waals surface area contributed by atoms with E-state index in [2.05, 4.69) is 5.32 Å². The fourth-order valence-electron chi connectivity index (χ4n) is 1.90. The van der Waals surface area contributed by atoms with Crippen molar-refractivity contribution < 1.29 is 19.5 Å². The van der Waals surface area contributed by atoms with Gasteiger partial charge in [0.05, 0.1) is 6.42 Å². The third-order valence-electron chi connectivity index (χ3n) is 2.90. The smallest absolute Gasteiger partial charge is 0.320 e. The first-order valence-electron chi connectivity index (χ1n) is 6.27. The largest absolute Gasteiger partial charge is 0.481 e. The van der Waals surface area contributed by atoms with Gasteiger partial charge in [-0.2, -0.15) is 0 Å². The minimum absolute atomic E-state index is 0.0263. The van der Waals surface area contributed by atoms with Gasteiger partial charge in [-0.25, -0.2) is 4.79 Å². The molecule has 0 bridgehead atoms. The maximum absolute atomic E-state index is 12.4. The van der Waals surface area contributed by atoms with Crippen molar-refractivity contribution in [1.82, 2.24) is 15.1 Å². The standard InChI is InChI=1S/C12H21N3O4/c1-12(2,3)15(6-4-10(17)18)11(19)14-7-5-13-9(16)8-14/h4-8H2,1-3H3,(H,13,16)(H,17,18). The number of hydrogen-bond donors (Lipinski definition) is 2. The van der Waals surface area contributed by atoms with E-state index in [1.165, 1.54) is 9.80 Å². The Labute approximate surface area is 112 Å². The summed E-state index contributed by atoms with van der Waals surface area (Å²) in [7, 11) is 0. The summed E-state index contributed by atoms with van der Waals surface area (Å²) in [5, 5.41) is 11.4. The van der Waals surface area contributed by atoms with Gasteiger partial charge >= 0.3 is 12.0 Å². The van der Waals surface area contributed by atoms with E-state index in [-0.39, 0.29) is 31.4 Å². The number of urea groups is 1. The molecule has 0 spiro atoms. The summed E-state index contributed by atoms with van der Waals surface area (Å²) in [5.41, 5.74) is -0.486. The van der Waals surface area contributed by atoms with Crippen LogP contribution >= 0.6 is 0 Å². The van der Waals surface area contributed by atoms with Gasteiger partial charge in [0.25, 0.3) is 0 Å². The van der Waals surface area contributed by atoms with Gasteiger partial charge in [0.1, 0.15) is 6.54 Å². The van der Waals surface area contributed by atoms with E-state index < -0.39 is 11.5 Å². The number of aliphatic carboxylic acids is 1. The Morgan fingerprint density at radius 1 is 1.42 bits per heavy atom. The predicted molar refractivity (Wildman–Crippen MR) is 68.7 cm³/mol. The number of nitrogens with zero attached hydrogens (tertiary/aromatic N) is 2. The lowest BCUT2D eigenvalue weighted by Crippen LogP contribution is -2.58. The normalized spacial score (nSPS) is 15.9. The molecule has 0 unspecified atom stereocenters. The summed E-state index contributed by atoms with van der Waals surface area (Å²) >= 11 is 0. The van der Waals surface area contributed by atoms with Crippen LogP contribution < -0.4 is 5.32 Å². The monoisotopic (exact) mass is 271 g/mol. The van der Waals surface area contributed by atoms with Crippen LogP contribution in [0.2, 0.25) is 0 Å². The lowest BCUT2D eigenvalue weighted by atomic mass is 10.1. The van der Waals surface area contributed by atoms with Crippen molar-refractivity contribution in [2.45, 2.75) is 32.7 Å². The molecule has 19 heavy (non-hydrogen) atoms. The average Bonchev–Trinajstić information content (AvgIpc) is 2.26. The molecular formula is C12H21N3O4. The molecule has 0 aromatic rings. The molecule has 3 amide bonds. The van der Waals surface area contributed by atoms with E-state index in [9.17, 15) is 14.4 Å². The summed E-state index contributed by atoms with van der Waals surface area (Å²) < 4.78 is 0. The van der Waals surface area contributed by atoms with Gasteiger partial charge in [-0.3, -0.25) is 9.59 Å². The number of carbonyl (C=O) groups excluding carboxylic acids is 2. The molecule has 0 atom stereocenters. The molecule has 1 heterocycles. The van der Waals surface area contributed by atoms with Crippen LogP contribution in [0.5, 0.6) is 0 Å². The third-order valence-corrected chi connectivity index (χ3v) is 2.90. The molecule has 1 fully saturated rings. The summed E-state index contributed by atoms with van der Waals surface area (Å²) in [6.45, 7) is 6.57. The molecule has 2 N–H and O–H groups in total. The zero-order chi connectivity index (χ0) is 14.6. The molecule has 1 saturated heterocycles. The summed E-state index contributed by atoms with van der Waals surface area (Å²) in [6.07, 6.45) is -0.108. The van der Waals surface area contributed by atoms with E-state index >= 15 is 0 Å². The van der Waals surface area contributed by atoms with Crippen LogP contribution in [0, 0.1) is 0 Å². The average molecular weight is 271 g/mol. The molecule has 1 aliphatic rings. The zero-order valence-corrected chi connectivity index (χ0v) is 11.6. The van der Waals surface area contributed by atoms with Crippen molar-refractivity contribution in [3.63, 3.8) is 0 Å². The number of hydrogen-bond acceptors (Lipinski definition) is 3. The number of nitrogens with one attached hydrogen (secondary N) is 1. The van der Waals surface area contributed by atoms with E-state index in [1.54, 1.807) is 0 Å². The van der Waals surface area contributed by atoms with E-state index in [4.69, 9.17) is 5.11 Å². The summed E-state index contributed by atoms with van der Waals surface area (Å²) in [6, 6.07) is -0.288. The number of carboxylic acid groups (broad SMARTS) is 1. The van der Waals surface area contributed by atoms with Crippen molar-refractivity contribution in [1.29, 1.82) is 0 Å². The highest BCUT2D eigenvalue weighted by atomic mass is 16.4. The minimum Gasteiger partial charge on any atom is -0.481 e. The molecule has 108 valence electrons. The van der Waals surface area contributed by atoms with Crippen LogP contribution in [-0.4, -0.2) is 64.5 Å². The molecule has 0 aliphatic carbocycles. The van der Waals surface area contributed by atoms with Gasteiger partial charge < -0.3 is 20.2 Å². The van der Waals surface area contributed by atoms with Crippen LogP contribution in [0.15, 0.2) is 0 Å². The number of carboxylic acids is 1. The molecule has 7 heteroatoms. The third kappa shape index (κ3) is 4.42. The van der Waals surface area contributed by atoms with Crippen LogP contribution in [0.3, 0.4) is 0 Å². The second-order valence-electron chi connectivity index (χ2n) is 5.52. The van der Waals surface area contributed by atoms with Crippen molar-refractivity contribution in [3.05, 3.63) is 0 Å². The first-order chi connectivity index (χ1) is 8.71. The maximum atomic E-state index is 12.4. The Kier molecular flexibility index (Phi) is 4.74. The lowest BCUT2D eigenvalue weighted by Gasteiger charge is -2.40. The highest BCUT2D eigenvalue weighted by Crippen LogP contribution is 2.17. The Balaban J connectivity index is 2.76. The maximum Gasteiger partial charge on any atom is 0.320 e. The first-order valence-corrected chi connectivity index (χ1v) is 6.27. The molecule has 0 aromatic carbocycles. The van der Waals surface area contributed by atoms with Crippen molar-refractivity contribution in [3.8, 4) is 0 Å². The molecule has 0 saturated carbocycles. The Hall–Kier alpha value is -1.79. The van der Waals surface area contributed by atoms with Crippen molar-refractivity contribution in [2.75, 3.05) is 26.2 Å². The van der Waals surface area contributed by atoms with Gasteiger partial charge in [0.2, 0.25) is 5.91 Å². The minimum atomic E-state index is -0.946. The van der Waals surface area contributed by atoms with E-state index in [1.807, 2.05) is 20.8 Å². The van der Waals surface area contributed by atoms with Crippen molar-refractivity contribution in [2.24, 2.45) is 0 Å². The Bertz CT molecular complexity index is 376. The first kappa shape index (κ1) is 15.3. The quantitative estimate of drug-likeness (QED) is 0.762. The summed E-state index contributed by atoms with van der Waals surface area (Å²) in [4.78, 5) is 37.3. The topological polar surface area (TPSA) is 90.0 Å². The molecule has 7 nitrogen and oxygen atoms in total. The number of piperazine rings is 1. The second kappa shape index (κ2) is 5.90. The van der Waals surface area contributed by atoms with E-state index in [0.29, 0.717) is 13.1 Å². The zero-order valence-electron chi connectivity index (χ0n) is 11.6. The number of carbonyl (C=O) groups is 3. The SMILES string of the molecule is CC(C)(C)N(CCC(=O)O)C(=O)N1CCNC(=O)C1. The highest BCUT2D eigenvalue weighted by Gasteiger charge is 2.32. The van der Waals surface area contributed by atoms with Gasteiger partial charge in [-0.1, -0.05) is 0 Å². The van der Waals surface area contributed by atoms with Gasteiger partial charge in [-0.15, -0.1) is 0 Å². The van der Waals surface area contributed by atoms with Crippen LogP contribution in [0.4, 0.5) is 4.79 Å². The molecule has 0 radical (unpaired) electrons. The van der Waals surface area contributed by atoms with Crippen LogP contribution in [-0.2, 0) is 9.59 Å². The van der Waals surface area contributed by atoms with Crippen LogP contribution in [0.25, 0.3) is 0 Å². The van der Waals surface area contributed by atoms with E-state index in [0.717, 1.165) is 0 Å². The highest BCUT2D eigenvalue weighted by molar-refractivity contribution is 5.85. The second-order valence-corrected chi connectivity index (χ2v) is 5.52. The van der Waals surface area contributed by atoms with Gasteiger partial charge in [0.15, 0.2) is 0 Å². The van der Waals surface area contributed by atoms with Crippen LogP contribution in [0.1, 0.15) is 27.2 Å². The fourth-order valence-corrected chi connectivity index (χ4v) is 1.90. The van der Waals surface area contributed by atoms with Gasteiger partial charge in [0, 0.05) is 25.2 Å². The Morgan fingerprint density at radius 2 is 2.05 bits per heavy atom. The molecule has 0 aromatic heterocycles. The Morgan fingerprint density at radius 3 is 2.53 bits per heavy atom. The predicted octanol–water partition coefficient (Wildman–Crippen LogP) is 0.113. The lowest BCUT2D eigenvalue weighted by molar-refractivity contribution is -0.137. The molecule has 1 aliphatic heterocycles. The molecular weight excluding hydrogens is 250 g/mol. The molecule has 1 rings (SSSR count). The summed E-state index contributed by atoms with van der Waals surface area (Å²) in [5.74, 6) is -1.13. The van der Waals surface area contributed by atoms with Crippen molar-refractivity contribution >= 4 is 17.9 Å². The van der Waals surface area contributed by atoms with Gasteiger partial charge in [-0.05, 0) is 20.8 Å². The fraction of sp³-hybridized carbons (Fsp3) is 0.750.